The number of anilines is 2. The molecule has 2 aromatic rings. The summed E-state index contributed by atoms with van der Waals surface area (Å²) in [5.41, 5.74) is 1.07. The number of hydrogen-bond acceptors (Lipinski definition) is 3. The molecule has 0 radical (unpaired) electrons. The molecule has 0 aliphatic rings. The normalized spacial score (nSPS) is 9.91. The molecule has 2 rings (SSSR count). The zero-order valence-corrected chi connectivity index (χ0v) is 11.7. The van der Waals surface area contributed by atoms with Gasteiger partial charge in [0.25, 0.3) is 0 Å². The Labute approximate surface area is 126 Å². The molecule has 112 valence electrons. The maximum atomic E-state index is 13.0. The monoisotopic (exact) mass is 300 g/mol. The molecule has 0 spiro atoms. The lowest BCUT2D eigenvalue weighted by atomic mass is 10.1. The van der Waals surface area contributed by atoms with Crippen LogP contribution >= 0.6 is 0 Å². The van der Waals surface area contributed by atoms with Crippen LogP contribution in [0.2, 0.25) is 0 Å². The average molecular weight is 300 g/mol. The van der Waals surface area contributed by atoms with Gasteiger partial charge in [-0.15, -0.1) is 0 Å². The van der Waals surface area contributed by atoms with Crippen molar-refractivity contribution in [2.24, 2.45) is 0 Å². The third-order valence-corrected chi connectivity index (χ3v) is 2.84. The van der Waals surface area contributed by atoms with Crippen LogP contribution in [0, 0.1) is 5.82 Å². The fraction of sp³-hybridized carbons (Fsp3) is 0.0625. The van der Waals surface area contributed by atoms with Crippen LogP contribution in [0.3, 0.4) is 0 Å². The molecular weight excluding hydrogens is 287 g/mol. The number of carbonyl (C=O) groups excluding carboxylic acids is 3. The van der Waals surface area contributed by atoms with Crippen LogP contribution in [0.4, 0.5) is 15.8 Å². The molecule has 2 amide bonds. The molecule has 0 aliphatic heterocycles. The summed E-state index contributed by atoms with van der Waals surface area (Å²) in [6, 6.07) is 11.3. The summed E-state index contributed by atoms with van der Waals surface area (Å²) in [5, 5.41) is 4.67. The zero-order chi connectivity index (χ0) is 16.1. The van der Waals surface area contributed by atoms with Gasteiger partial charge in [0.1, 0.15) is 5.82 Å². The number of benzene rings is 2. The fourth-order valence-corrected chi connectivity index (χ4v) is 1.73. The summed E-state index contributed by atoms with van der Waals surface area (Å²) in [6.45, 7) is 1.43. The van der Waals surface area contributed by atoms with Crippen LogP contribution in [-0.4, -0.2) is 17.6 Å². The quantitative estimate of drug-likeness (QED) is 0.676. The van der Waals surface area contributed by atoms with E-state index in [4.69, 9.17) is 0 Å². The lowest BCUT2D eigenvalue weighted by molar-refractivity contribution is -0.133. The molecule has 6 heteroatoms. The van der Waals surface area contributed by atoms with Gasteiger partial charge in [0.2, 0.25) is 0 Å². The number of hydrogen-bond donors (Lipinski definition) is 2. The molecule has 0 unspecified atom stereocenters. The van der Waals surface area contributed by atoms with E-state index < -0.39 is 17.6 Å². The van der Waals surface area contributed by atoms with E-state index >= 15 is 0 Å². The molecule has 0 heterocycles. The van der Waals surface area contributed by atoms with Crippen molar-refractivity contribution in [1.29, 1.82) is 0 Å². The average Bonchev–Trinajstić information content (AvgIpc) is 2.47. The highest BCUT2D eigenvalue weighted by atomic mass is 19.1. The van der Waals surface area contributed by atoms with Gasteiger partial charge in [-0.25, -0.2) is 4.39 Å². The second kappa shape index (κ2) is 6.62. The molecule has 0 fully saturated rings. The number of carbonyl (C=O) groups is 3. The molecule has 0 aliphatic carbocycles. The standard InChI is InChI=1S/C16H13FN2O3/c1-10(20)11-5-7-13(8-6-11)18-15(21)16(22)19-14-4-2-3-12(17)9-14/h2-9H,1H3,(H,18,21)(H,19,22). The lowest BCUT2D eigenvalue weighted by Gasteiger charge is -2.07. The Morgan fingerprint density at radius 3 is 2.00 bits per heavy atom. The molecule has 2 N–H and O–H groups in total. The van der Waals surface area contributed by atoms with E-state index in [0.717, 1.165) is 6.07 Å². The first-order chi connectivity index (χ1) is 10.5. The number of amides is 2. The Kier molecular flexibility index (Phi) is 4.63. The van der Waals surface area contributed by atoms with Crippen molar-refractivity contribution in [3.8, 4) is 0 Å². The number of rotatable bonds is 3. The molecule has 2 aromatic carbocycles. The van der Waals surface area contributed by atoms with Crippen LogP contribution in [0.15, 0.2) is 48.5 Å². The van der Waals surface area contributed by atoms with Crippen LogP contribution < -0.4 is 10.6 Å². The fourth-order valence-electron chi connectivity index (χ4n) is 1.73. The number of ketones is 1. The van der Waals surface area contributed by atoms with E-state index in [1.54, 1.807) is 12.1 Å². The Morgan fingerprint density at radius 1 is 0.864 bits per heavy atom. The second-order valence-electron chi connectivity index (χ2n) is 4.55. The first kappa shape index (κ1) is 15.4. The molecule has 0 saturated carbocycles. The van der Waals surface area contributed by atoms with Crippen molar-refractivity contribution >= 4 is 29.0 Å². The van der Waals surface area contributed by atoms with Gasteiger partial charge in [0, 0.05) is 16.9 Å². The van der Waals surface area contributed by atoms with E-state index in [0.29, 0.717) is 11.3 Å². The highest BCUT2D eigenvalue weighted by molar-refractivity contribution is 6.43. The van der Waals surface area contributed by atoms with Gasteiger partial charge in [-0.2, -0.15) is 0 Å². The third-order valence-electron chi connectivity index (χ3n) is 2.84. The number of halogens is 1. The summed E-state index contributed by atoms with van der Waals surface area (Å²) in [6.07, 6.45) is 0. The van der Waals surface area contributed by atoms with Gasteiger partial charge >= 0.3 is 11.8 Å². The Balaban J connectivity index is 1.99. The summed E-state index contributed by atoms with van der Waals surface area (Å²) in [7, 11) is 0. The van der Waals surface area contributed by atoms with Crippen molar-refractivity contribution < 1.29 is 18.8 Å². The van der Waals surface area contributed by atoms with Crippen LogP contribution in [0.1, 0.15) is 17.3 Å². The molecule has 0 bridgehead atoms. The molecule has 5 nitrogen and oxygen atoms in total. The van der Waals surface area contributed by atoms with E-state index in [1.807, 2.05) is 0 Å². The number of nitrogens with one attached hydrogen (secondary N) is 2. The first-order valence-corrected chi connectivity index (χ1v) is 6.44. The number of Topliss-reactive ketones (excluding diaryl/α,β-unsaturated/α-hetero) is 1. The van der Waals surface area contributed by atoms with E-state index in [9.17, 15) is 18.8 Å². The van der Waals surface area contributed by atoms with Gasteiger partial charge in [-0.1, -0.05) is 6.07 Å². The lowest BCUT2D eigenvalue weighted by Crippen LogP contribution is -2.29. The molecule has 22 heavy (non-hydrogen) atoms. The Morgan fingerprint density at radius 2 is 1.45 bits per heavy atom. The first-order valence-electron chi connectivity index (χ1n) is 6.44. The topological polar surface area (TPSA) is 75.3 Å². The molecule has 0 aromatic heterocycles. The predicted octanol–water partition coefficient (Wildman–Crippen LogP) is 2.61. The van der Waals surface area contributed by atoms with Gasteiger partial charge in [-0.05, 0) is 49.4 Å². The minimum atomic E-state index is -0.916. The molecule has 0 saturated heterocycles. The maximum absolute atomic E-state index is 13.0. The van der Waals surface area contributed by atoms with E-state index in [2.05, 4.69) is 10.6 Å². The minimum Gasteiger partial charge on any atom is -0.318 e. The highest BCUT2D eigenvalue weighted by Gasteiger charge is 2.14. The van der Waals surface area contributed by atoms with Crippen molar-refractivity contribution in [2.45, 2.75) is 6.92 Å². The van der Waals surface area contributed by atoms with Crippen LogP contribution in [0.5, 0.6) is 0 Å². The predicted molar refractivity (Wildman–Crippen MR) is 80.1 cm³/mol. The highest BCUT2D eigenvalue weighted by Crippen LogP contribution is 2.11. The van der Waals surface area contributed by atoms with Crippen molar-refractivity contribution in [1.82, 2.24) is 0 Å². The van der Waals surface area contributed by atoms with Gasteiger partial charge in [-0.3, -0.25) is 14.4 Å². The Bertz CT molecular complexity index is 726. The van der Waals surface area contributed by atoms with Crippen molar-refractivity contribution in [3.05, 3.63) is 59.9 Å². The van der Waals surface area contributed by atoms with Gasteiger partial charge < -0.3 is 10.6 Å². The second-order valence-corrected chi connectivity index (χ2v) is 4.55. The van der Waals surface area contributed by atoms with Gasteiger partial charge in [0.15, 0.2) is 5.78 Å². The van der Waals surface area contributed by atoms with Crippen LogP contribution in [-0.2, 0) is 9.59 Å². The van der Waals surface area contributed by atoms with E-state index in [1.165, 1.54) is 37.3 Å². The van der Waals surface area contributed by atoms with E-state index in [-0.39, 0.29) is 11.5 Å². The van der Waals surface area contributed by atoms with Crippen molar-refractivity contribution in [2.75, 3.05) is 10.6 Å². The summed E-state index contributed by atoms with van der Waals surface area (Å²) in [4.78, 5) is 34.6. The Hall–Kier alpha value is -3.02. The summed E-state index contributed by atoms with van der Waals surface area (Å²) in [5.74, 6) is -2.42. The largest absolute Gasteiger partial charge is 0.318 e. The maximum Gasteiger partial charge on any atom is 0.314 e. The van der Waals surface area contributed by atoms with Crippen LogP contribution in [0.25, 0.3) is 0 Å². The summed E-state index contributed by atoms with van der Waals surface area (Å²) >= 11 is 0. The minimum absolute atomic E-state index is 0.0956. The molecular formula is C16H13FN2O3. The van der Waals surface area contributed by atoms with Gasteiger partial charge in [0.05, 0.1) is 0 Å². The smallest absolute Gasteiger partial charge is 0.314 e. The molecule has 0 atom stereocenters. The van der Waals surface area contributed by atoms with Crippen molar-refractivity contribution in [3.63, 3.8) is 0 Å². The SMILES string of the molecule is CC(=O)c1ccc(NC(=O)C(=O)Nc2cccc(F)c2)cc1. The zero-order valence-electron chi connectivity index (χ0n) is 11.7. The third kappa shape index (κ3) is 3.99. The summed E-state index contributed by atoms with van der Waals surface area (Å²) < 4.78 is 13.0.